The molecule has 1 saturated heterocycles. The van der Waals surface area contributed by atoms with E-state index in [1.54, 1.807) is 12.1 Å². The summed E-state index contributed by atoms with van der Waals surface area (Å²) in [5.41, 5.74) is 3.37. The number of hydrazine groups is 1. The van der Waals surface area contributed by atoms with Gasteiger partial charge in [-0.2, -0.15) is 0 Å². The summed E-state index contributed by atoms with van der Waals surface area (Å²) in [4.78, 5) is 0. The van der Waals surface area contributed by atoms with Gasteiger partial charge in [-0.15, -0.1) is 0 Å². The van der Waals surface area contributed by atoms with Crippen LogP contribution in [-0.2, 0) is 9.47 Å². The molecule has 1 fully saturated rings. The van der Waals surface area contributed by atoms with Crippen molar-refractivity contribution < 1.29 is 13.9 Å². The van der Waals surface area contributed by atoms with Gasteiger partial charge >= 0.3 is 0 Å². The topological polar surface area (TPSA) is 56.5 Å². The predicted molar refractivity (Wildman–Crippen MR) is 70.9 cm³/mol. The van der Waals surface area contributed by atoms with Crippen molar-refractivity contribution in [1.29, 1.82) is 0 Å². The molecule has 1 aliphatic heterocycles. The normalized spacial score (nSPS) is 20.2. The lowest BCUT2D eigenvalue weighted by molar-refractivity contribution is -0.128. The van der Waals surface area contributed by atoms with Crippen LogP contribution in [-0.4, -0.2) is 25.4 Å². The first kappa shape index (κ1) is 14.4. The Balaban J connectivity index is 2.28. The van der Waals surface area contributed by atoms with Crippen LogP contribution in [0.1, 0.15) is 31.4 Å². The molecule has 1 aliphatic rings. The van der Waals surface area contributed by atoms with Gasteiger partial charge < -0.3 is 9.47 Å². The third-order valence-electron chi connectivity index (χ3n) is 3.67. The number of halogens is 1. The lowest BCUT2D eigenvalue weighted by atomic mass is 9.82. The summed E-state index contributed by atoms with van der Waals surface area (Å²) in [7, 11) is 0. The predicted octanol–water partition coefficient (Wildman–Crippen LogP) is 1.92. The van der Waals surface area contributed by atoms with E-state index in [0.717, 1.165) is 18.4 Å². The molecule has 1 unspecified atom stereocenters. The average molecular weight is 268 g/mol. The number of hydrogen-bond donors (Lipinski definition) is 2. The summed E-state index contributed by atoms with van der Waals surface area (Å²) in [6.45, 7) is 3.88. The van der Waals surface area contributed by atoms with Crippen molar-refractivity contribution in [1.82, 2.24) is 5.43 Å². The Labute approximate surface area is 113 Å². The zero-order valence-electron chi connectivity index (χ0n) is 11.2. The van der Waals surface area contributed by atoms with Crippen molar-refractivity contribution >= 4 is 0 Å². The fourth-order valence-corrected chi connectivity index (χ4v) is 2.73. The highest BCUT2D eigenvalue weighted by Crippen LogP contribution is 2.37. The lowest BCUT2D eigenvalue weighted by Gasteiger charge is -2.43. The Kier molecular flexibility index (Phi) is 4.87. The molecule has 0 aromatic heterocycles. The van der Waals surface area contributed by atoms with E-state index in [4.69, 9.17) is 15.3 Å². The van der Waals surface area contributed by atoms with Gasteiger partial charge in [-0.05, 0) is 24.6 Å². The van der Waals surface area contributed by atoms with E-state index < -0.39 is 0 Å². The van der Waals surface area contributed by atoms with Gasteiger partial charge in [0.25, 0.3) is 0 Å². The Morgan fingerprint density at radius 1 is 1.37 bits per heavy atom. The molecule has 0 saturated carbocycles. The first-order valence-electron chi connectivity index (χ1n) is 6.65. The van der Waals surface area contributed by atoms with Gasteiger partial charge in [0.15, 0.2) is 0 Å². The Bertz CT molecular complexity index is 385. The Morgan fingerprint density at radius 3 is 2.53 bits per heavy atom. The molecule has 0 radical (unpaired) electrons. The lowest BCUT2D eigenvalue weighted by Crippen LogP contribution is -2.51. The highest BCUT2D eigenvalue weighted by atomic mass is 19.1. The van der Waals surface area contributed by atoms with Crippen LogP contribution in [0.2, 0.25) is 0 Å². The summed E-state index contributed by atoms with van der Waals surface area (Å²) in [5, 5.41) is 0. The third-order valence-corrected chi connectivity index (χ3v) is 3.67. The van der Waals surface area contributed by atoms with E-state index in [1.165, 1.54) is 12.1 Å². The Morgan fingerprint density at radius 2 is 2.00 bits per heavy atom. The third kappa shape index (κ3) is 3.12. The minimum absolute atomic E-state index is 0.169. The van der Waals surface area contributed by atoms with Crippen molar-refractivity contribution in [2.75, 3.05) is 19.8 Å². The van der Waals surface area contributed by atoms with Gasteiger partial charge in [-0.25, -0.2) is 4.39 Å². The van der Waals surface area contributed by atoms with Gasteiger partial charge in [0.05, 0.1) is 11.6 Å². The summed E-state index contributed by atoms with van der Waals surface area (Å²) in [6.07, 6.45) is 1.54. The van der Waals surface area contributed by atoms with Crippen LogP contribution in [0.5, 0.6) is 0 Å². The molecular formula is C14H21FN2O2. The molecule has 1 aromatic carbocycles. The molecule has 4 nitrogen and oxygen atoms in total. The van der Waals surface area contributed by atoms with E-state index in [9.17, 15) is 4.39 Å². The average Bonchev–Trinajstić information content (AvgIpc) is 2.43. The Hall–Kier alpha value is -1.01. The smallest absolute Gasteiger partial charge is 0.123 e. The molecule has 0 aliphatic carbocycles. The molecule has 19 heavy (non-hydrogen) atoms. The largest absolute Gasteiger partial charge is 0.381 e. The van der Waals surface area contributed by atoms with Gasteiger partial charge in [0.1, 0.15) is 5.82 Å². The van der Waals surface area contributed by atoms with Crippen molar-refractivity contribution in [3.05, 3.63) is 35.6 Å². The van der Waals surface area contributed by atoms with Gasteiger partial charge in [0, 0.05) is 32.7 Å². The van der Waals surface area contributed by atoms with Gasteiger partial charge in [-0.1, -0.05) is 12.1 Å². The molecule has 1 atom stereocenters. The maximum Gasteiger partial charge on any atom is 0.123 e. The number of ether oxygens (including phenoxy) is 2. The number of nitrogens with one attached hydrogen (secondary N) is 1. The van der Waals surface area contributed by atoms with Crippen molar-refractivity contribution in [2.24, 2.45) is 5.84 Å². The minimum atomic E-state index is -0.389. The van der Waals surface area contributed by atoms with E-state index in [2.05, 4.69) is 5.43 Å². The van der Waals surface area contributed by atoms with E-state index >= 15 is 0 Å². The molecule has 0 amide bonds. The second kappa shape index (κ2) is 6.43. The van der Waals surface area contributed by atoms with Crippen LogP contribution in [0.15, 0.2) is 24.3 Å². The molecule has 1 heterocycles. The monoisotopic (exact) mass is 268 g/mol. The van der Waals surface area contributed by atoms with Crippen LogP contribution in [0.3, 0.4) is 0 Å². The summed E-state index contributed by atoms with van der Waals surface area (Å²) in [6, 6.07) is 6.21. The fourth-order valence-electron chi connectivity index (χ4n) is 2.73. The highest BCUT2D eigenvalue weighted by molar-refractivity contribution is 5.23. The van der Waals surface area contributed by atoms with Gasteiger partial charge in [0.2, 0.25) is 0 Å². The first-order chi connectivity index (χ1) is 9.22. The molecule has 0 spiro atoms. The minimum Gasteiger partial charge on any atom is -0.381 e. The SMILES string of the molecule is CCOC1(C(NN)c2ccc(F)cc2)CCOCC1. The fraction of sp³-hybridized carbons (Fsp3) is 0.571. The van der Waals surface area contributed by atoms with Crippen molar-refractivity contribution in [3.63, 3.8) is 0 Å². The molecule has 3 N–H and O–H groups in total. The second-order valence-electron chi connectivity index (χ2n) is 4.76. The molecule has 0 bridgehead atoms. The second-order valence-corrected chi connectivity index (χ2v) is 4.76. The quantitative estimate of drug-likeness (QED) is 0.633. The van der Waals surface area contributed by atoms with Crippen LogP contribution < -0.4 is 11.3 Å². The summed E-state index contributed by atoms with van der Waals surface area (Å²) in [5.74, 6) is 5.47. The molecule has 1 aromatic rings. The van der Waals surface area contributed by atoms with Crippen molar-refractivity contribution in [2.45, 2.75) is 31.4 Å². The maximum absolute atomic E-state index is 13.0. The number of nitrogens with two attached hydrogens (primary N) is 1. The van der Waals surface area contributed by atoms with Crippen LogP contribution in [0, 0.1) is 5.82 Å². The van der Waals surface area contributed by atoms with Crippen LogP contribution in [0.4, 0.5) is 4.39 Å². The van der Waals surface area contributed by atoms with E-state index in [1.807, 2.05) is 6.92 Å². The molecule has 2 rings (SSSR count). The molecular weight excluding hydrogens is 247 g/mol. The molecule has 5 heteroatoms. The first-order valence-corrected chi connectivity index (χ1v) is 6.65. The summed E-state index contributed by atoms with van der Waals surface area (Å²) >= 11 is 0. The standard InChI is InChI=1S/C14H21FN2O2/c1-2-19-14(7-9-18-10-8-14)13(17-16)11-3-5-12(15)6-4-11/h3-6,13,17H,2,7-10,16H2,1H3. The number of hydrogen-bond acceptors (Lipinski definition) is 4. The zero-order chi connectivity index (χ0) is 13.7. The maximum atomic E-state index is 13.0. The van der Waals surface area contributed by atoms with Crippen LogP contribution in [0.25, 0.3) is 0 Å². The van der Waals surface area contributed by atoms with Gasteiger partial charge in [-0.3, -0.25) is 11.3 Å². The summed E-state index contributed by atoms with van der Waals surface area (Å²) < 4.78 is 24.4. The van der Waals surface area contributed by atoms with E-state index in [0.29, 0.717) is 19.8 Å². The van der Waals surface area contributed by atoms with Crippen LogP contribution >= 0.6 is 0 Å². The van der Waals surface area contributed by atoms with Crippen molar-refractivity contribution in [3.8, 4) is 0 Å². The number of rotatable bonds is 5. The number of benzene rings is 1. The highest BCUT2D eigenvalue weighted by Gasteiger charge is 2.41. The van der Waals surface area contributed by atoms with E-state index in [-0.39, 0.29) is 17.5 Å². The zero-order valence-corrected chi connectivity index (χ0v) is 11.2. The molecule has 106 valence electrons.